The van der Waals surface area contributed by atoms with Crippen LogP contribution in [0.5, 0.6) is 0 Å². The van der Waals surface area contributed by atoms with Crippen molar-refractivity contribution < 1.29 is 4.79 Å². The van der Waals surface area contributed by atoms with Crippen molar-refractivity contribution in [3.63, 3.8) is 0 Å². The number of carbonyl (C=O) groups excluding carboxylic acids is 1. The molecule has 0 radical (unpaired) electrons. The van der Waals surface area contributed by atoms with Crippen molar-refractivity contribution in [3.8, 4) is 0 Å². The Morgan fingerprint density at radius 3 is 3.07 bits per heavy atom. The molecule has 0 fully saturated rings. The van der Waals surface area contributed by atoms with E-state index in [1.54, 1.807) is 0 Å². The summed E-state index contributed by atoms with van der Waals surface area (Å²) in [6.45, 7) is 1.99. The van der Waals surface area contributed by atoms with Gasteiger partial charge >= 0.3 is 0 Å². The molecule has 15 heavy (non-hydrogen) atoms. The molecule has 1 aromatic carbocycles. The topological polar surface area (TPSA) is 17.1 Å². The van der Waals surface area contributed by atoms with Gasteiger partial charge in [-0.1, -0.05) is 34.1 Å². The molecule has 1 nitrogen and oxygen atoms in total. The van der Waals surface area contributed by atoms with Gasteiger partial charge in [-0.2, -0.15) is 0 Å². The van der Waals surface area contributed by atoms with Crippen molar-refractivity contribution in [1.82, 2.24) is 0 Å². The van der Waals surface area contributed by atoms with Crippen LogP contribution in [0.4, 0.5) is 0 Å². The molecule has 0 aliphatic heterocycles. The molecule has 1 atom stereocenters. The second-order valence-corrected chi connectivity index (χ2v) is 4.79. The number of hydrogen-bond donors (Lipinski definition) is 0. The first kappa shape index (κ1) is 10.6. The molecular weight excluding hydrogens is 252 g/mol. The largest absolute Gasteiger partial charge is 0.294 e. The number of benzene rings is 1. The Morgan fingerprint density at radius 1 is 1.53 bits per heavy atom. The molecular formula is C13H13BrO. The standard InChI is InChI=1S/C13H13BrO/c1-2-3-4-10-7-9-5-6-11(14)8-12(9)13(10)15/h2-3,5-6,8,10H,4,7H2,1H3/b3-2+. The third-order valence-electron chi connectivity index (χ3n) is 2.83. The number of hydrogen-bond acceptors (Lipinski definition) is 1. The van der Waals surface area contributed by atoms with Gasteiger partial charge in [-0.25, -0.2) is 0 Å². The monoisotopic (exact) mass is 264 g/mol. The van der Waals surface area contributed by atoms with Crippen molar-refractivity contribution in [2.75, 3.05) is 0 Å². The average Bonchev–Trinajstić information content (AvgIpc) is 2.53. The number of rotatable bonds is 2. The Hall–Kier alpha value is -0.890. The van der Waals surface area contributed by atoms with E-state index in [2.05, 4.69) is 22.0 Å². The van der Waals surface area contributed by atoms with E-state index in [1.807, 2.05) is 31.2 Å². The van der Waals surface area contributed by atoms with Crippen molar-refractivity contribution in [3.05, 3.63) is 46.0 Å². The van der Waals surface area contributed by atoms with E-state index in [1.165, 1.54) is 5.56 Å². The quantitative estimate of drug-likeness (QED) is 0.744. The van der Waals surface area contributed by atoms with Gasteiger partial charge in [0.1, 0.15) is 0 Å². The predicted octanol–water partition coefficient (Wildman–Crippen LogP) is 3.77. The molecule has 0 aromatic heterocycles. The van der Waals surface area contributed by atoms with E-state index >= 15 is 0 Å². The van der Waals surface area contributed by atoms with E-state index in [9.17, 15) is 4.79 Å². The van der Waals surface area contributed by atoms with Crippen LogP contribution in [0.25, 0.3) is 0 Å². The first-order chi connectivity index (χ1) is 7.22. The van der Waals surface area contributed by atoms with Gasteiger partial charge in [0, 0.05) is 16.0 Å². The van der Waals surface area contributed by atoms with E-state index < -0.39 is 0 Å². The van der Waals surface area contributed by atoms with Gasteiger partial charge in [0.05, 0.1) is 0 Å². The number of ketones is 1. The summed E-state index contributed by atoms with van der Waals surface area (Å²) in [6.07, 6.45) is 5.84. The Bertz CT molecular complexity index is 421. The van der Waals surface area contributed by atoms with Crippen LogP contribution in [0.2, 0.25) is 0 Å². The van der Waals surface area contributed by atoms with Crippen LogP contribution in [0, 0.1) is 5.92 Å². The predicted molar refractivity (Wildman–Crippen MR) is 65.1 cm³/mol. The van der Waals surface area contributed by atoms with E-state index in [-0.39, 0.29) is 5.92 Å². The van der Waals surface area contributed by atoms with E-state index in [0.717, 1.165) is 22.9 Å². The summed E-state index contributed by atoms with van der Waals surface area (Å²) in [5.74, 6) is 0.454. The van der Waals surface area contributed by atoms with Crippen LogP contribution in [0.3, 0.4) is 0 Å². The lowest BCUT2D eigenvalue weighted by Crippen LogP contribution is -2.07. The molecule has 0 spiro atoms. The smallest absolute Gasteiger partial charge is 0.166 e. The van der Waals surface area contributed by atoms with E-state index in [0.29, 0.717) is 5.78 Å². The molecule has 1 aromatic rings. The first-order valence-corrected chi connectivity index (χ1v) is 5.95. The average molecular weight is 265 g/mol. The van der Waals surface area contributed by atoms with Crippen molar-refractivity contribution in [2.24, 2.45) is 5.92 Å². The second kappa shape index (κ2) is 4.31. The summed E-state index contributed by atoms with van der Waals surface area (Å²) >= 11 is 3.40. The lowest BCUT2D eigenvalue weighted by Gasteiger charge is -2.01. The first-order valence-electron chi connectivity index (χ1n) is 5.16. The van der Waals surface area contributed by atoms with Gasteiger partial charge < -0.3 is 0 Å². The molecule has 0 N–H and O–H groups in total. The third-order valence-corrected chi connectivity index (χ3v) is 3.32. The summed E-state index contributed by atoms with van der Waals surface area (Å²) in [4.78, 5) is 12.0. The van der Waals surface area contributed by atoms with Crippen LogP contribution in [-0.4, -0.2) is 5.78 Å². The zero-order valence-corrected chi connectivity index (χ0v) is 10.3. The number of Topliss-reactive ketones (excluding diaryl/α,β-unsaturated/α-hetero) is 1. The highest BCUT2D eigenvalue weighted by molar-refractivity contribution is 9.10. The number of halogens is 1. The molecule has 0 saturated carbocycles. The summed E-state index contributed by atoms with van der Waals surface area (Å²) in [5.41, 5.74) is 2.09. The van der Waals surface area contributed by atoms with Crippen LogP contribution >= 0.6 is 15.9 Å². The van der Waals surface area contributed by atoms with Crippen LogP contribution in [0.1, 0.15) is 29.3 Å². The van der Waals surface area contributed by atoms with Crippen LogP contribution < -0.4 is 0 Å². The number of carbonyl (C=O) groups is 1. The molecule has 0 amide bonds. The number of allylic oxidation sites excluding steroid dienone is 2. The minimum absolute atomic E-state index is 0.158. The van der Waals surface area contributed by atoms with Crippen molar-refractivity contribution in [2.45, 2.75) is 19.8 Å². The SMILES string of the molecule is C/C=C/CC1Cc2ccc(Br)cc2C1=O. The molecule has 1 aliphatic carbocycles. The van der Waals surface area contributed by atoms with Crippen LogP contribution in [-0.2, 0) is 6.42 Å². The number of fused-ring (bicyclic) bond motifs is 1. The fourth-order valence-electron chi connectivity index (χ4n) is 2.02. The summed E-state index contributed by atoms with van der Waals surface area (Å²) < 4.78 is 0.987. The van der Waals surface area contributed by atoms with E-state index in [4.69, 9.17) is 0 Å². The zero-order valence-electron chi connectivity index (χ0n) is 8.66. The fourth-order valence-corrected chi connectivity index (χ4v) is 2.39. The minimum Gasteiger partial charge on any atom is -0.294 e. The normalized spacial score (nSPS) is 19.9. The molecule has 0 heterocycles. The summed E-state index contributed by atoms with van der Waals surface area (Å²) in [6, 6.07) is 5.99. The van der Waals surface area contributed by atoms with Crippen LogP contribution in [0.15, 0.2) is 34.8 Å². The van der Waals surface area contributed by atoms with Crippen molar-refractivity contribution >= 4 is 21.7 Å². The van der Waals surface area contributed by atoms with Gasteiger partial charge in [0.25, 0.3) is 0 Å². The fraction of sp³-hybridized carbons (Fsp3) is 0.308. The van der Waals surface area contributed by atoms with Gasteiger partial charge in [-0.05, 0) is 37.5 Å². The van der Waals surface area contributed by atoms with Gasteiger partial charge in [-0.15, -0.1) is 0 Å². The lowest BCUT2D eigenvalue weighted by molar-refractivity contribution is 0.0938. The summed E-state index contributed by atoms with van der Waals surface area (Å²) in [7, 11) is 0. The maximum atomic E-state index is 12.0. The minimum atomic E-state index is 0.158. The van der Waals surface area contributed by atoms with Crippen molar-refractivity contribution in [1.29, 1.82) is 0 Å². The van der Waals surface area contributed by atoms with Gasteiger partial charge in [0.2, 0.25) is 0 Å². The highest BCUT2D eigenvalue weighted by Crippen LogP contribution is 2.31. The molecule has 1 aliphatic rings. The second-order valence-electron chi connectivity index (χ2n) is 3.87. The zero-order chi connectivity index (χ0) is 10.8. The highest BCUT2D eigenvalue weighted by Gasteiger charge is 2.29. The highest BCUT2D eigenvalue weighted by atomic mass is 79.9. The van der Waals surface area contributed by atoms with Gasteiger partial charge in [0.15, 0.2) is 5.78 Å². The molecule has 2 heteroatoms. The van der Waals surface area contributed by atoms with Gasteiger partial charge in [-0.3, -0.25) is 4.79 Å². The Kier molecular flexibility index (Phi) is 3.06. The molecule has 0 saturated heterocycles. The maximum Gasteiger partial charge on any atom is 0.166 e. The Balaban J connectivity index is 2.25. The maximum absolute atomic E-state index is 12.0. The third kappa shape index (κ3) is 2.05. The Labute approximate surface area is 98.3 Å². The Morgan fingerprint density at radius 2 is 2.33 bits per heavy atom. The molecule has 78 valence electrons. The lowest BCUT2D eigenvalue weighted by atomic mass is 10.0. The molecule has 1 unspecified atom stereocenters. The summed E-state index contributed by atoms with van der Waals surface area (Å²) in [5, 5.41) is 0. The molecule has 0 bridgehead atoms. The molecule has 2 rings (SSSR count).